The molecule has 2 aromatic heterocycles. The highest BCUT2D eigenvalue weighted by Crippen LogP contribution is 2.35. The van der Waals surface area contributed by atoms with Crippen molar-refractivity contribution in [2.75, 3.05) is 5.32 Å². The number of amides is 1. The fraction of sp³-hybridized carbons (Fsp3) is 0.269. The number of halogens is 1. The maximum Gasteiger partial charge on any atom is 0.263 e. The molecule has 0 aliphatic heterocycles. The lowest BCUT2D eigenvalue weighted by atomic mass is 9.97. The number of anilines is 1. The van der Waals surface area contributed by atoms with Crippen molar-refractivity contribution in [3.05, 3.63) is 79.9 Å². The maximum atomic E-state index is 13.9. The number of carbonyl (C=O) groups is 1. The molecular formula is C26H24ClN3O2S. The minimum absolute atomic E-state index is 0.144. The molecule has 168 valence electrons. The zero-order chi connectivity index (χ0) is 23.1. The Labute approximate surface area is 201 Å². The van der Waals surface area contributed by atoms with E-state index >= 15 is 0 Å². The van der Waals surface area contributed by atoms with Gasteiger partial charge in [-0.25, -0.2) is 4.98 Å². The summed E-state index contributed by atoms with van der Waals surface area (Å²) in [5, 5.41) is 4.18. The second kappa shape index (κ2) is 8.76. The first-order valence-electron chi connectivity index (χ1n) is 11.1. The third kappa shape index (κ3) is 4.09. The summed E-state index contributed by atoms with van der Waals surface area (Å²) in [6.45, 7) is 3.75. The lowest BCUT2D eigenvalue weighted by Crippen LogP contribution is -2.33. The topological polar surface area (TPSA) is 64.0 Å². The number of carbonyl (C=O) groups excluding carboxylic acids is 1. The molecule has 0 spiro atoms. The van der Waals surface area contributed by atoms with Crippen molar-refractivity contribution in [3.8, 4) is 11.4 Å². The highest BCUT2D eigenvalue weighted by molar-refractivity contribution is 7.18. The van der Waals surface area contributed by atoms with Gasteiger partial charge in [-0.1, -0.05) is 35.4 Å². The molecule has 2 aromatic carbocycles. The van der Waals surface area contributed by atoms with E-state index in [4.69, 9.17) is 16.6 Å². The number of aromatic nitrogens is 2. The van der Waals surface area contributed by atoms with E-state index in [2.05, 4.69) is 5.32 Å². The van der Waals surface area contributed by atoms with E-state index in [0.29, 0.717) is 21.9 Å². The molecule has 0 bridgehead atoms. The molecule has 4 aromatic rings. The molecule has 1 amide bonds. The Kier molecular flexibility index (Phi) is 5.81. The maximum absolute atomic E-state index is 13.9. The number of nitrogens with zero attached hydrogens (tertiary/aromatic N) is 2. The number of fused-ring (bicyclic) bond motifs is 3. The number of hydrogen-bond acceptors (Lipinski definition) is 4. The quantitative estimate of drug-likeness (QED) is 0.382. The van der Waals surface area contributed by atoms with Crippen LogP contribution in [0.15, 0.2) is 53.3 Å². The molecule has 1 unspecified atom stereocenters. The van der Waals surface area contributed by atoms with Crippen LogP contribution in [-0.4, -0.2) is 15.5 Å². The Bertz CT molecular complexity index is 1420. The second-order valence-electron chi connectivity index (χ2n) is 8.54. The van der Waals surface area contributed by atoms with Crippen LogP contribution in [0.25, 0.3) is 21.6 Å². The van der Waals surface area contributed by atoms with Gasteiger partial charge in [-0.2, -0.15) is 0 Å². The summed E-state index contributed by atoms with van der Waals surface area (Å²) in [7, 11) is 0. The van der Waals surface area contributed by atoms with E-state index in [1.54, 1.807) is 47.1 Å². The van der Waals surface area contributed by atoms with E-state index in [-0.39, 0.29) is 11.5 Å². The largest absolute Gasteiger partial charge is 0.324 e. The Morgan fingerprint density at radius 2 is 1.91 bits per heavy atom. The van der Waals surface area contributed by atoms with E-state index in [1.165, 1.54) is 4.88 Å². The summed E-state index contributed by atoms with van der Waals surface area (Å²) >= 11 is 7.59. The minimum Gasteiger partial charge on any atom is -0.324 e. The summed E-state index contributed by atoms with van der Waals surface area (Å²) in [6.07, 6.45) is 4.09. The van der Waals surface area contributed by atoms with Gasteiger partial charge in [-0.15, -0.1) is 11.3 Å². The number of rotatable bonds is 4. The van der Waals surface area contributed by atoms with Crippen molar-refractivity contribution in [1.29, 1.82) is 0 Å². The molecule has 0 saturated heterocycles. The monoisotopic (exact) mass is 477 g/mol. The molecule has 1 atom stereocenters. The van der Waals surface area contributed by atoms with Gasteiger partial charge in [0.1, 0.15) is 16.7 Å². The number of aryl methyl sites for hydroxylation is 3. The lowest BCUT2D eigenvalue weighted by Gasteiger charge is -2.20. The average molecular weight is 478 g/mol. The molecule has 1 N–H and O–H groups in total. The van der Waals surface area contributed by atoms with Crippen molar-refractivity contribution in [3.63, 3.8) is 0 Å². The Balaban J connectivity index is 1.67. The Hall–Kier alpha value is -2.96. The molecule has 0 fully saturated rings. The van der Waals surface area contributed by atoms with E-state index in [1.807, 2.05) is 31.2 Å². The van der Waals surface area contributed by atoms with Gasteiger partial charge in [-0.3, -0.25) is 14.2 Å². The fourth-order valence-corrected chi connectivity index (χ4v) is 5.84. The average Bonchev–Trinajstić information content (AvgIpc) is 3.19. The zero-order valence-corrected chi connectivity index (χ0v) is 20.1. The van der Waals surface area contributed by atoms with Crippen LogP contribution in [0.4, 0.5) is 5.69 Å². The summed E-state index contributed by atoms with van der Waals surface area (Å²) in [5.41, 5.74) is 3.50. The molecule has 1 aliphatic rings. The Morgan fingerprint density at radius 1 is 1.15 bits per heavy atom. The molecule has 7 heteroatoms. The lowest BCUT2D eigenvalue weighted by molar-refractivity contribution is -0.118. The van der Waals surface area contributed by atoms with Crippen molar-refractivity contribution in [2.24, 2.45) is 0 Å². The SMILES string of the molecule is Cc1cccc(-c2nc3sc4c(c3c(=O)n2C(C)C(=O)Nc2ccc(Cl)cc2)CCCC4)c1. The fourth-order valence-electron chi connectivity index (χ4n) is 4.46. The van der Waals surface area contributed by atoms with Crippen molar-refractivity contribution >= 4 is 44.7 Å². The van der Waals surface area contributed by atoms with E-state index in [0.717, 1.165) is 47.2 Å². The first kappa shape index (κ1) is 21.9. The van der Waals surface area contributed by atoms with Crippen molar-refractivity contribution < 1.29 is 4.79 Å². The van der Waals surface area contributed by atoms with Gasteiger partial charge in [0.15, 0.2) is 0 Å². The standard InChI is InChI=1S/C26H24ClN3O2S/c1-15-6-5-7-17(14-15)23-29-25-22(20-8-3-4-9-21(20)33-25)26(32)30(23)16(2)24(31)28-19-12-10-18(27)11-13-19/h5-7,10-14,16H,3-4,8-9H2,1-2H3,(H,28,31). The molecule has 2 heterocycles. The van der Waals surface area contributed by atoms with Crippen LogP contribution in [-0.2, 0) is 17.6 Å². The van der Waals surface area contributed by atoms with Gasteiger partial charge in [-0.05, 0) is 75.4 Å². The molecule has 5 rings (SSSR count). The van der Waals surface area contributed by atoms with Gasteiger partial charge in [0.05, 0.1) is 5.39 Å². The summed E-state index contributed by atoms with van der Waals surface area (Å²) in [6, 6.07) is 14.1. The number of nitrogens with one attached hydrogen (secondary N) is 1. The van der Waals surface area contributed by atoms with E-state index in [9.17, 15) is 9.59 Å². The highest BCUT2D eigenvalue weighted by atomic mass is 35.5. The Morgan fingerprint density at radius 3 is 2.67 bits per heavy atom. The van der Waals surface area contributed by atoms with Gasteiger partial charge in [0, 0.05) is 21.2 Å². The molecule has 33 heavy (non-hydrogen) atoms. The predicted octanol–water partition coefficient (Wildman–Crippen LogP) is 6.17. The van der Waals surface area contributed by atoms with Gasteiger partial charge < -0.3 is 5.32 Å². The van der Waals surface area contributed by atoms with Crippen LogP contribution in [0.2, 0.25) is 5.02 Å². The highest BCUT2D eigenvalue weighted by Gasteiger charge is 2.27. The molecular weight excluding hydrogens is 454 g/mol. The molecule has 1 aliphatic carbocycles. The third-order valence-corrected chi connectivity index (χ3v) is 7.61. The van der Waals surface area contributed by atoms with Gasteiger partial charge in [0.2, 0.25) is 5.91 Å². The van der Waals surface area contributed by atoms with E-state index < -0.39 is 6.04 Å². The minimum atomic E-state index is -0.750. The van der Waals surface area contributed by atoms with Crippen molar-refractivity contribution in [1.82, 2.24) is 9.55 Å². The van der Waals surface area contributed by atoms with Crippen molar-refractivity contribution in [2.45, 2.75) is 45.6 Å². The first-order chi connectivity index (χ1) is 15.9. The smallest absolute Gasteiger partial charge is 0.263 e. The molecule has 5 nitrogen and oxygen atoms in total. The van der Waals surface area contributed by atoms with Gasteiger partial charge in [0.25, 0.3) is 5.56 Å². The third-order valence-electron chi connectivity index (χ3n) is 6.18. The number of thiophene rings is 1. The van der Waals surface area contributed by atoms with Crippen LogP contribution in [0, 0.1) is 6.92 Å². The van der Waals surface area contributed by atoms with Crippen LogP contribution in [0.1, 0.15) is 41.8 Å². The molecule has 0 saturated carbocycles. The van der Waals surface area contributed by atoms with Crippen LogP contribution >= 0.6 is 22.9 Å². The summed E-state index contributed by atoms with van der Waals surface area (Å²) in [4.78, 5) is 34.1. The summed E-state index contributed by atoms with van der Waals surface area (Å²) < 4.78 is 1.56. The van der Waals surface area contributed by atoms with Crippen LogP contribution in [0.3, 0.4) is 0 Å². The number of hydrogen-bond donors (Lipinski definition) is 1. The summed E-state index contributed by atoms with van der Waals surface area (Å²) in [5.74, 6) is 0.243. The van der Waals surface area contributed by atoms with Gasteiger partial charge >= 0.3 is 0 Å². The first-order valence-corrected chi connectivity index (χ1v) is 12.3. The second-order valence-corrected chi connectivity index (χ2v) is 10.1. The molecule has 0 radical (unpaired) electrons. The normalized spacial score (nSPS) is 14.2. The predicted molar refractivity (Wildman–Crippen MR) is 135 cm³/mol. The van der Waals surface area contributed by atoms with Crippen LogP contribution in [0.5, 0.6) is 0 Å². The van der Waals surface area contributed by atoms with Crippen LogP contribution < -0.4 is 10.9 Å². The zero-order valence-electron chi connectivity index (χ0n) is 18.5. The number of benzene rings is 2.